The highest BCUT2D eigenvalue weighted by Crippen LogP contribution is 2.44. The number of phenolic OH excluding ortho intramolecular Hbond substituents is 3. The number of aromatic hydroxyl groups is 3. The minimum absolute atomic E-state index is 0.0929. The quantitative estimate of drug-likeness (QED) is 0.750. The van der Waals surface area contributed by atoms with Gasteiger partial charge in [0, 0.05) is 12.1 Å². The molecule has 2 aromatic rings. The molecule has 1 aliphatic heterocycles. The molecule has 0 unspecified atom stereocenters. The molecular weight excluding hydrogens is 272 g/mol. The first-order valence-corrected chi connectivity index (χ1v) is 6.53. The van der Waals surface area contributed by atoms with Crippen LogP contribution in [0, 0.1) is 5.92 Å². The molecule has 0 aromatic heterocycles. The van der Waals surface area contributed by atoms with E-state index in [4.69, 9.17) is 4.74 Å². The number of rotatable bonds is 1. The number of Topliss-reactive ketones (excluding diaryl/α,β-unsaturated/α-hetero) is 1. The van der Waals surface area contributed by atoms with E-state index in [-0.39, 0.29) is 34.3 Å². The van der Waals surface area contributed by atoms with E-state index >= 15 is 0 Å². The number of fused-ring (bicyclic) bond motifs is 1. The highest BCUT2D eigenvalue weighted by molar-refractivity contribution is 6.04. The van der Waals surface area contributed by atoms with Crippen LogP contribution in [0.2, 0.25) is 0 Å². The average molecular weight is 286 g/mol. The number of benzene rings is 2. The molecule has 0 fully saturated rings. The van der Waals surface area contributed by atoms with Gasteiger partial charge in [0.05, 0.1) is 5.92 Å². The van der Waals surface area contributed by atoms with Gasteiger partial charge in [-0.15, -0.1) is 0 Å². The Bertz CT molecular complexity index is 705. The largest absolute Gasteiger partial charge is 0.508 e. The van der Waals surface area contributed by atoms with Gasteiger partial charge in [-0.1, -0.05) is 19.1 Å². The van der Waals surface area contributed by atoms with E-state index in [0.29, 0.717) is 0 Å². The normalized spacial score (nSPS) is 20.7. The van der Waals surface area contributed by atoms with Crippen LogP contribution < -0.4 is 4.74 Å². The lowest BCUT2D eigenvalue weighted by atomic mass is 9.86. The van der Waals surface area contributed by atoms with Crippen molar-refractivity contribution in [3.63, 3.8) is 0 Å². The van der Waals surface area contributed by atoms with Gasteiger partial charge in [0.15, 0.2) is 5.78 Å². The zero-order valence-corrected chi connectivity index (χ0v) is 11.3. The molecule has 1 aliphatic rings. The Morgan fingerprint density at radius 2 is 1.67 bits per heavy atom. The first kappa shape index (κ1) is 13.3. The highest BCUT2D eigenvalue weighted by atomic mass is 16.5. The summed E-state index contributed by atoms with van der Waals surface area (Å²) in [5.41, 5.74) is 0.831. The molecule has 0 aliphatic carbocycles. The molecule has 0 spiro atoms. The summed E-state index contributed by atoms with van der Waals surface area (Å²) in [4.78, 5) is 12.4. The fourth-order valence-electron chi connectivity index (χ4n) is 2.55. The number of hydrogen-bond acceptors (Lipinski definition) is 5. The van der Waals surface area contributed by atoms with E-state index in [2.05, 4.69) is 0 Å². The third-order valence-corrected chi connectivity index (χ3v) is 3.66. The molecule has 5 nitrogen and oxygen atoms in total. The molecular formula is C16H14O5. The lowest BCUT2D eigenvalue weighted by Crippen LogP contribution is -2.29. The summed E-state index contributed by atoms with van der Waals surface area (Å²) in [5.74, 6) is -0.897. The summed E-state index contributed by atoms with van der Waals surface area (Å²) >= 11 is 0. The van der Waals surface area contributed by atoms with Gasteiger partial charge in [0.25, 0.3) is 0 Å². The first-order valence-electron chi connectivity index (χ1n) is 6.53. The average Bonchev–Trinajstić information content (AvgIpc) is 2.43. The summed E-state index contributed by atoms with van der Waals surface area (Å²) in [6, 6.07) is 8.82. The van der Waals surface area contributed by atoms with Crippen molar-refractivity contribution >= 4 is 5.78 Å². The number of ether oxygens (including phenoxy) is 1. The van der Waals surface area contributed by atoms with Gasteiger partial charge in [-0.2, -0.15) is 0 Å². The Balaban J connectivity index is 2.07. The Hall–Kier alpha value is -2.69. The van der Waals surface area contributed by atoms with Gasteiger partial charge in [-0.05, 0) is 17.7 Å². The van der Waals surface area contributed by atoms with Crippen LogP contribution in [0.3, 0.4) is 0 Å². The molecule has 3 rings (SSSR count). The Morgan fingerprint density at radius 1 is 1.00 bits per heavy atom. The van der Waals surface area contributed by atoms with Crippen molar-refractivity contribution in [1.82, 2.24) is 0 Å². The van der Waals surface area contributed by atoms with Crippen LogP contribution in [0.4, 0.5) is 0 Å². The van der Waals surface area contributed by atoms with Gasteiger partial charge in [0.1, 0.15) is 34.7 Å². The van der Waals surface area contributed by atoms with Crippen LogP contribution in [-0.2, 0) is 0 Å². The number of carbonyl (C=O) groups is 1. The van der Waals surface area contributed by atoms with Crippen molar-refractivity contribution in [2.24, 2.45) is 5.92 Å². The van der Waals surface area contributed by atoms with Crippen LogP contribution in [0.15, 0.2) is 36.4 Å². The molecule has 1 heterocycles. The monoisotopic (exact) mass is 286 g/mol. The fourth-order valence-corrected chi connectivity index (χ4v) is 2.55. The molecule has 2 aromatic carbocycles. The molecule has 0 radical (unpaired) electrons. The topological polar surface area (TPSA) is 87.0 Å². The predicted octanol–water partition coefficient (Wildman–Crippen LogP) is 2.76. The summed E-state index contributed by atoms with van der Waals surface area (Å²) in [6.07, 6.45) is -0.535. The summed E-state index contributed by atoms with van der Waals surface area (Å²) in [6.45, 7) is 1.72. The second kappa shape index (κ2) is 4.70. The van der Waals surface area contributed by atoms with Crippen molar-refractivity contribution in [2.45, 2.75) is 13.0 Å². The lowest BCUT2D eigenvalue weighted by Gasteiger charge is -2.31. The van der Waals surface area contributed by atoms with Crippen LogP contribution >= 0.6 is 0 Å². The van der Waals surface area contributed by atoms with E-state index in [9.17, 15) is 20.1 Å². The molecule has 0 saturated carbocycles. The van der Waals surface area contributed by atoms with Gasteiger partial charge < -0.3 is 20.1 Å². The third kappa shape index (κ3) is 2.16. The number of hydrogen-bond donors (Lipinski definition) is 3. The second-order valence-corrected chi connectivity index (χ2v) is 5.12. The molecule has 108 valence electrons. The van der Waals surface area contributed by atoms with Gasteiger partial charge in [-0.3, -0.25) is 4.79 Å². The molecule has 0 saturated heterocycles. The van der Waals surface area contributed by atoms with Crippen molar-refractivity contribution < 1.29 is 24.9 Å². The third-order valence-electron chi connectivity index (χ3n) is 3.66. The van der Waals surface area contributed by atoms with Gasteiger partial charge in [-0.25, -0.2) is 0 Å². The van der Waals surface area contributed by atoms with Crippen molar-refractivity contribution in [2.75, 3.05) is 0 Å². The zero-order chi connectivity index (χ0) is 15.1. The lowest BCUT2D eigenvalue weighted by molar-refractivity contribution is 0.0684. The Kier molecular flexibility index (Phi) is 2.97. The predicted molar refractivity (Wildman–Crippen MR) is 74.7 cm³/mol. The molecule has 21 heavy (non-hydrogen) atoms. The number of phenols is 3. The molecule has 5 heteroatoms. The van der Waals surface area contributed by atoms with E-state index in [0.717, 1.165) is 11.6 Å². The van der Waals surface area contributed by atoms with E-state index in [1.165, 1.54) is 18.2 Å². The maximum absolute atomic E-state index is 12.4. The Labute approximate surface area is 121 Å². The first-order chi connectivity index (χ1) is 9.97. The fraction of sp³-hybridized carbons (Fsp3) is 0.188. The standard InChI is InChI=1S/C16H14O5/c1-8-15(20)14-12(19)6-11(18)7-13(14)21-16(8)9-2-4-10(17)5-3-9/h2-8,16-19H,1H3/t8-,16-/m1/s1. The van der Waals surface area contributed by atoms with Crippen LogP contribution in [-0.4, -0.2) is 21.1 Å². The van der Waals surface area contributed by atoms with E-state index in [1.807, 2.05) is 0 Å². The molecule has 3 N–H and O–H groups in total. The van der Waals surface area contributed by atoms with Crippen LogP contribution in [0.25, 0.3) is 0 Å². The Morgan fingerprint density at radius 3 is 2.33 bits per heavy atom. The summed E-state index contributed by atoms with van der Waals surface area (Å²) in [5, 5.41) is 28.7. The van der Waals surface area contributed by atoms with Gasteiger partial charge >= 0.3 is 0 Å². The van der Waals surface area contributed by atoms with Gasteiger partial charge in [0.2, 0.25) is 0 Å². The number of ketones is 1. The van der Waals surface area contributed by atoms with E-state index in [1.54, 1.807) is 19.1 Å². The second-order valence-electron chi connectivity index (χ2n) is 5.12. The molecule has 0 bridgehead atoms. The maximum Gasteiger partial charge on any atom is 0.177 e. The minimum Gasteiger partial charge on any atom is -0.508 e. The van der Waals surface area contributed by atoms with Crippen molar-refractivity contribution in [3.05, 3.63) is 47.5 Å². The molecule has 0 amide bonds. The zero-order valence-electron chi connectivity index (χ0n) is 11.3. The van der Waals surface area contributed by atoms with Crippen molar-refractivity contribution in [1.29, 1.82) is 0 Å². The van der Waals surface area contributed by atoms with E-state index < -0.39 is 12.0 Å². The van der Waals surface area contributed by atoms with Crippen LogP contribution in [0.5, 0.6) is 23.0 Å². The minimum atomic E-state index is -0.535. The smallest absolute Gasteiger partial charge is 0.177 e. The SMILES string of the molecule is C[C@@H]1C(=O)c2c(O)cc(O)cc2O[C@H]1c1ccc(O)cc1. The summed E-state index contributed by atoms with van der Waals surface area (Å²) in [7, 11) is 0. The summed E-state index contributed by atoms with van der Waals surface area (Å²) < 4.78 is 5.78. The van der Waals surface area contributed by atoms with Crippen LogP contribution in [0.1, 0.15) is 28.9 Å². The maximum atomic E-state index is 12.4. The highest BCUT2D eigenvalue weighted by Gasteiger charge is 2.37. The van der Waals surface area contributed by atoms with Crippen molar-refractivity contribution in [3.8, 4) is 23.0 Å². The molecule has 2 atom stereocenters. The number of carbonyl (C=O) groups excluding carboxylic acids is 1.